The lowest BCUT2D eigenvalue weighted by Crippen LogP contribution is -2.14. The highest BCUT2D eigenvalue weighted by molar-refractivity contribution is 8.08. The minimum Gasteiger partial charge on any atom is -0.161 e. The van der Waals surface area contributed by atoms with Crippen LogP contribution in [0.25, 0.3) is 0 Å². The maximum atomic E-state index is 2.41. The largest absolute Gasteiger partial charge is 0.161 e. The summed E-state index contributed by atoms with van der Waals surface area (Å²) >= 11 is 4.35. The summed E-state index contributed by atoms with van der Waals surface area (Å²) in [5.74, 6) is 6.39. The summed E-state index contributed by atoms with van der Waals surface area (Å²) in [5, 5.41) is 1.03. The van der Waals surface area contributed by atoms with Gasteiger partial charge in [0, 0.05) is 16.8 Å². The van der Waals surface area contributed by atoms with E-state index < -0.39 is 0 Å². The average Bonchev–Trinajstić information content (AvgIpc) is 2.92. The number of thioether (sulfide) groups is 2. The van der Waals surface area contributed by atoms with Crippen LogP contribution in [0, 0.1) is 11.8 Å². The molecule has 1 heterocycles. The third-order valence-corrected chi connectivity index (χ3v) is 5.72. The van der Waals surface area contributed by atoms with Gasteiger partial charge in [-0.05, 0) is 30.4 Å². The van der Waals surface area contributed by atoms with Crippen LogP contribution in [0.4, 0.5) is 0 Å². The Labute approximate surface area is 90.6 Å². The maximum Gasteiger partial charge on any atom is 0.0229 e. The van der Waals surface area contributed by atoms with Gasteiger partial charge in [0.2, 0.25) is 0 Å². The molecule has 1 saturated carbocycles. The summed E-state index contributed by atoms with van der Waals surface area (Å²) in [6, 6.07) is 0. The third kappa shape index (κ3) is 3.75. The molecule has 1 atom stereocenters. The smallest absolute Gasteiger partial charge is 0.0229 e. The zero-order valence-corrected chi connectivity index (χ0v) is 10.1. The van der Waals surface area contributed by atoms with Crippen molar-refractivity contribution in [3.8, 4) is 0 Å². The van der Waals surface area contributed by atoms with Gasteiger partial charge in [-0.2, -0.15) is 23.5 Å². The number of hydrogen-bond donors (Lipinski definition) is 0. The fraction of sp³-hybridized carbons (Fsp3) is 1.00. The lowest BCUT2D eigenvalue weighted by Gasteiger charge is -2.25. The Morgan fingerprint density at radius 3 is 2.46 bits per heavy atom. The second-order valence-electron chi connectivity index (χ2n) is 4.62. The van der Waals surface area contributed by atoms with Gasteiger partial charge >= 0.3 is 0 Å². The second kappa shape index (κ2) is 4.97. The van der Waals surface area contributed by atoms with Crippen LogP contribution in [0.3, 0.4) is 0 Å². The molecule has 76 valence electrons. The third-order valence-electron chi connectivity index (χ3n) is 3.20. The Bertz CT molecular complexity index is 146. The molecule has 13 heavy (non-hydrogen) atoms. The predicted octanol–water partition coefficient (Wildman–Crippen LogP) is 3.66. The van der Waals surface area contributed by atoms with Crippen molar-refractivity contribution in [1.82, 2.24) is 0 Å². The van der Waals surface area contributed by atoms with Crippen LogP contribution in [0.2, 0.25) is 0 Å². The average molecular weight is 216 g/mol. The molecule has 0 spiro atoms. The quantitative estimate of drug-likeness (QED) is 0.658. The first-order chi connectivity index (χ1) is 6.34. The molecule has 0 aromatic carbocycles. The molecule has 2 aliphatic rings. The highest BCUT2D eigenvalue weighted by atomic mass is 32.2. The fourth-order valence-electron chi connectivity index (χ4n) is 2.03. The van der Waals surface area contributed by atoms with E-state index in [1.165, 1.54) is 42.9 Å². The van der Waals surface area contributed by atoms with E-state index in [4.69, 9.17) is 0 Å². The molecular formula is C11H20S2. The van der Waals surface area contributed by atoms with Gasteiger partial charge in [-0.1, -0.05) is 19.8 Å². The Morgan fingerprint density at radius 1 is 1.15 bits per heavy atom. The normalized spacial score (nSPS) is 39.0. The zero-order valence-electron chi connectivity index (χ0n) is 8.50. The topological polar surface area (TPSA) is 0 Å². The van der Waals surface area contributed by atoms with Gasteiger partial charge in [0.05, 0.1) is 0 Å². The SMILES string of the molecule is CC1CCC(CSCC2CS2)CC1. The van der Waals surface area contributed by atoms with E-state index in [9.17, 15) is 0 Å². The molecule has 1 aliphatic carbocycles. The van der Waals surface area contributed by atoms with Crippen molar-refractivity contribution in [3.63, 3.8) is 0 Å². The minimum atomic E-state index is 1.01. The Kier molecular flexibility index (Phi) is 3.91. The number of rotatable bonds is 4. The monoisotopic (exact) mass is 216 g/mol. The van der Waals surface area contributed by atoms with Gasteiger partial charge in [0.25, 0.3) is 0 Å². The summed E-state index contributed by atoms with van der Waals surface area (Å²) in [6.07, 6.45) is 5.99. The van der Waals surface area contributed by atoms with Crippen LogP contribution >= 0.6 is 23.5 Å². The Hall–Kier alpha value is 0.700. The van der Waals surface area contributed by atoms with Crippen molar-refractivity contribution in [3.05, 3.63) is 0 Å². The summed E-state index contributed by atoms with van der Waals surface area (Å²) < 4.78 is 0. The fourth-order valence-corrected chi connectivity index (χ4v) is 4.29. The van der Waals surface area contributed by atoms with Crippen LogP contribution in [0.5, 0.6) is 0 Å². The first kappa shape index (κ1) is 10.2. The molecule has 0 bridgehead atoms. The summed E-state index contributed by atoms with van der Waals surface area (Å²) in [6.45, 7) is 2.41. The van der Waals surface area contributed by atoms with Crippen LogP contribution in [-0.2, 0) is 0 Å². The van der Waals surface area contributed by atoms with E-state index in [1.54, 1.807) is 0 Å². The van der Waals surface area contributed by atoms with E-state index in [-0.39, 0.29) is 0 Å². The summed E-state index contributed by atoms with van der Waals surface area (Å²) in [4.78, 5) is 0. The lowest BCUT2D eigenvalue weighted by atomic mass is 9.84. The maximum absolute atomic E-state index is 2.41. The highest BCUT2D eigenvalue weighted by Crippen LogP contribution is 2.35. The van der Waals surface area contributed by atoms with Crippen molar-refractivity contribution in [2.24, 2.45) is 11.8 Å². The lowest BCUT2D eigenvalue weighted by molar-refractivity contribution is 0.311. The van der Waals surface area contributed by atoms with Crippen molar-refractivity contribution in [1.29, 1.82) is 0 Å². The van der Waals surface area contributed by atoms with Crippen molar-refractivity contribution >= 4 is 23.5 Å². The van der Waals surface area contributed by atoms with Gasteiger partial charge in [-0.25, -0.2) is 0 Å². The van der Waals surface area contributed by atoms with E-state index in [0.717, 1.165) is 17.1 Å². The molecule has 0 radical (unpaired) electrons. The van der Waals surface area contributed by atoms with Crippen LogP contribution in [0.1, 0.15) is 32.6 Å². The predicted molar refractivity (Wildman–Crippen MR) is 64.7 cm³/mol. The summed E-state index contributed by atoms with van der Waals surface area (Å²) in [7, 11) is 0. The summed E-state index contributed by atoms with van der Waals surface area (Å²) in [5.41, 5.74) is 0. The molecule has 0 N–H and O–H groups in total. The molecular weight excluding hydrogens is 196 g/mol. The van der Waals surface area contributed by atoms with Gasteiger partial charge < -0.3 is 0 Å². The molecule has 2 rings (SSSR count). The molecule has 2 fully saturated rings. The van der Waals surface area contributed by atoms with E-state index >= 15 is 0 Å². The van der Waals surface area contributed by atoms with Crippen LogP contribution in [0.15, 0.2) is 0 Å². The van der Waals surface area contributed by atoms with Gasteiger partial charge in [-0.15, -0.1) is 0 Å². The first-order valence-corrected chi connectivity index (χ1v) is 7.74. The standard InChI is InChI=1S/C11H20S2/c1-9-2-4-10(5-3-9)6-12-7-11-8-13-11/h9-11H,2-8H2,1H3. The molecule has 1 aliphatic heterocycles. The van der Waals surface area contributed by atoms with Gasteiger partial charge in [0.15, 0.2) is 0 Å². The molecule has 1 unspecified atom stereocenters. The second-order valence-corrected chi connectivity index (χ2v) is 7.03. The molecule has 2 heteroatoms. The minimum absolute atomic E-state index is 1.01. The Balaban J connectivity index is 1.53. The zero-order chi connectivity index (χ0) is 9.10. The van der Waals surface area contributed by atoms with E-state index in [0.29, 0.717) is 0 Å². The van der Waals surface area contributed by atoms with Gasteiger partial charge in [0.1, 0.15) is 0 Å². The van der Waals surface area contributed by atoms with Crippen molar-refractivity contribution < 1.29 is 0 Å². The molecule has 0 amide bonds. The van der Waals surface area contributed by atoms with Gasteiger partial charge in [-0.3, -0.25) is 0 Å². The molecule has 1 saturated heterocycles. The first-order valence-electron chi connectivity index (χ1n) is 5.54. The van der Waals surface area contributed by atoms with Crippen LogP contribution in [-0.4, -0.2) is 22.5 Å². The molecule has 0 nitrogen and oxygen atoms in total. The highest BCUT2D eigenvalue weighted by Gasteiger charge is 2.23. The van der Waals surface area contributed by atoms with Crippen LogP contribution < -0.4 is 0 Å². The van der Waals surface area contributed by atoms with Crippen molar-refractivity contribution in [2.75, 3.05) is 17.3 Å². The molecule has 0 aromatic rings. The Morgan fingerprint density at radius 2 is 1.85 bits per heavy atom. The van der Waals surface area contributed by atoms with Crippen molar-refractivity contribution in [2.45, 2.75) is 37.9 Å². The van der Waals surface area contributed by atoms with E-state index in [2.05, 4.69) is 30.4 Å². The van der Waals surface area contributed by atoms with E-state index in [1.807, 2.05) is 0 Å². The molecule has 0 aromatic heterocycles. The number of hydrogen-bond acceptors (Lipinski definition) is 2.